The van der Waals surface area contributed by atoms with E-state index >= 15 is 0 Å². The maximum Gasteiger partial charge on any atom is 0.135 e. The highest BCUT2D eigenvalue weighted by Gasteiger charge is 2.36. The normalized spacial score (nSPS) is 24.1. The van der Waals surface area contributed by atoms with E-state index in [0.29, 0.717) is 24.2 Å². The molecule has 0 N–H and O–H groups in total. The van der Waals surface area contributed by atoms with Crippen LogP contribution in [-0.4, -0.2) is 54.9 Å². The van der Waals surface area contributed by atoms with Crippen LogP contribution in [0.4, 0.5) is 0 Å². The van der Waals surface area contributed by atoms with Gasteiger partial charge in [0.2, 0.25) is 0 Å². The van der Waals surface area contributed by atoms with Gasteiger partial charge in [0.15, 0.2) is 0 Å². The topological polar surface area (TPSA) is 23.6 Å². The van der Waals surface area contributed by atoms with Gasteiger partial charge in [0.1, 0.15) is 5.78 Å². The van der Waals surface area contributed by atoms with Crippen molar-refractivity contribution in [1.82, 2.24) is 9.80 Å². The predicted molar refractivity (Wildman–Crippen MR) is 72.2 cm³/mol. The van der Waals surface area contributed by atoms with E-state index in [0.717, 1.165) is 39.0 Å². The lowest BCUT2D eigenvalue weighted by atomic mass is 9.76. The van der Waals surface area contributed by atoms with Gasteiger partial charge >= 0.3 is 0 Å². The Balaban J connectivity index is 2.27. The molecular weight excluding hydrogens is 212 g/mol. The summed E-state index contributed by atoms with van der Waals surface area (Å²) in [6, 6.07) is 0.658. The molecule has 0 amide bonds. The van der Waals surface area contributed by atoms with Gasteiger partial charge in [-0.05, 0) is 33.0 Å². The Hall–Kier alpha value is -0.410. The summed E-state index contributed by atoms with van der Waals surface area (Å²) in [5.74, 6) is 0.825. The average molecular weight is 240 g/mol. The highest BCUT2D eigenvalue weighted by Crippen LogP contribution is 2.32. The number of Topliss-reactive ketones (excluding diaryl/α,β-unsaturated/α-hetero) is 1. The molecule has 1 aliphatic carbocycles. The first-order valence-corrected chi connectivity index (χ1v) is 7.07. The highest BCUT2D eigenvalue weighted by molar-refractivity contribution is 5.81. The smallest absolute Gasteiger partial charge is 0.135 e. The van der Waals surface area contributed by atoms with Gasteiger partial charge in [-0.15, -0.1) is 0 Å². The molecular formula is C14H28N2O. The maximum absolute atomic E-state index is 11.5. The third-order valence-electron chi connectivity index (χ3n) is 4.15. The molecule has 0 spiro atoms. The summed E-state index contributed by atoms with van der Waals surface area (Å²) in [6.45, 7) is 10.9. The molecule has 0 bridgehead atoms. The van der Waals surface area contributed by atoms with Crippen LogP contribution in [0, 0.1) is 5.92 Å². The zero-order valence-corrected chi connectivity index (χ0v) is 11.9. The van der Waals surface area contributed by atoms with Crippen molar-refractivity contribution in [2.45, 2.75) is 46.1 Å². The Bertz CT molecular complexity index is 236. The average Bonchev–Trinajstić information content (AvgIpc) is 2.30. The number of hydrogen-bond donors (Lipinski definition) is 0. The van der Waals surface area contributed by atoms with Gasteiger partial charge in [-0.2, -0.15) is 0 Å². The minimum absolute atomic E-state index is 0.364. The van der Waals surface area contributed by atoms with Crippen molar-refractivity contribution >= 4 is 5.78 Å². The van der Waals surface area contributed by atoms with Crippen molar-refractivity contribution in [2.24, 2.45) is 5.92 Å². The first-order valence-electron chi connectivity index (χ1n) is 7.07. The van der Waals surface area contributed by atoms with E-state index < -0.39 is 0 Å². The van der Waals surface area contributed by atoms with Crippen molar-refractivity contribution in [3.63, 3.8) is 0 Å². The molecule has 0 heterocycles. The summed E-state index contributed by atoms with van der Waals surface area (Å²) in [5, 5.41) is 0. The van der Waals surface area contributed by atoms with Crippen LogP contribution in [-0.2, 0) is 4.79 Å². The second-order valence-corrected chi connectivity index (χ2v) is 5.17. The van der Waals surface area contributed by atoms with Gasteiger partial charge in [0, 0.05) is 31.5 Å². The van der Waals surface area contributed by atoms with Gasteiger partial charge in [-0.3, -0.25) is 9.69 Å². The lowest BCUT2D eigenvalue weighted by Crippen LogP contribution is -2.48. The molecule has 0 aliphatic heterocycles. The summed E-state index contributed by atoms with van der Waals surface area (Å²) in [7, 11) is 2.16. The second-order valence-electron chi connectivity index (χ2n) is 5.17. The van der Waals surface area contributed by atoms with Gasteiger partial charge in [0.05, 0.1) is 0 Å². The standard InChI is InChI=1S/C14H28N2O/c1-5-14(17)12-10-13(11-12)16(7-3)9-8-15(4)6-2/h12-13H,5-11H2,1-4H3. The summed E-state index contributed by atoms with van der Waals surface area (Å²) in [4.78, 5) is 16.4. The van der Waals surface area contributed by atoms with Crippen molar-refractivity contribution in [1.29, 1.82) is 0 Å². The minimum Gasteiger partial charge on any atom is -0.305 e. The Kier molecular flexibility index (Phi) is 6.14. The first-order chi connectivity index (χ1) is 8.12. The van der Waals surface area contributed by atoms with E-state index in [1.54, 1.807) is 0 Å². The summed E-state index contributed by atoms with van der Waals surface area (Å²) in [6.07, 6.45) is 2.90. The molecule has 0 saturated heterocycles. The molecule has 17 heavy (non-hydrogen) atoms. The van der Waals surface area contributed by atoms with Gasteiger partial charge in [0.25, 0.3) is 0 Å². The fourth-order valence-corrected chi connectivity index (χ4v) is 2.49. The molecule has 3 nitrogen and oxygen atoms in total. The SMILES string of the molecule is CCC(=O)C1CC(N(CC)CCN(C)CC)C1. The number of hydrogen-bond acceptors (Lipinski definition) is 3. The molecule has 0 atom stereocenters. The molecule has 100 valence electrons. The molecule has 0 aromatic carbocycles. The Morgan fingerprint density at radius 2 is 1.76 bits per heavy atom. The van der Waals surface area contributed by atoms with E-state index in [-0.39, 0.29) is 0 Å². The molecule has 1 rings (SSSR count). The molecule has 0 unspecified atom stereocenters. The third kappa shape index (κ3) is 4.07. The van der Waals surface area contributed by atoms with Crippen molar-refractivity contribution in [3.8, 4) is 0 Å². The van der Waals surface area contributed by atoms with Crippen molar-refractivity contribution in [2.75, 3.05) is 33.2 Å². The summed E-state index contributed by atoms with van der Waals surface area (Å²) in [5.41, 5.74) is 0. The molecule has 1 aliphatic rings. The largest absolute Gasteiger partial charge is 0.305 e. The van der Waals surface area contributed by atoms with Crippen LogP contribution in [0.3, 0.4) is 0 Å². The molecule has 0 aromatic heterocycles. The monoisotopic (exact) mass is 240 g/mol. The van der Waals surface area contributed by atoms with Gasteiger partial charge in [-0.25, -0.2) is 0 Å². The van der Waals surface area contributed by atoms with Gasteiger partial charge < -0.3 is 4.90 Å². The van der Waals surface area contributed by atoms with E-state index in [9.17, 15) is 4.79 Å². The van der Waals surface area contributed by atoms with E-state index in [2.05, 4.69) is 30.7 Å². The van der Waals surface area contributed by atoms with Crippen LogP contribution >= 0.6 is 0 Å². The third-order valence-corrected chi connectivity index (χ3v) is 4.15. The molecule has 0 aromatic rings. The zero-order chi connectivity index (χ0) is 12.8. The fraction of sp³-hybridized carbons (Fsp3) is 0.929. The predicted octanol–water partition coefficient (Wildman–Crippen LogP) is 2.02. The van der Waals surface area contributed by atoms with Crippen LogP contribution in [0.25, 0.3) is 0 Å². The number of carbonyl (C=O) groups excluding carboxylic acids is 1. The quantitative estimate of drug-likeness (QED) is 0.648. The Morgan fingerprint density at radius 3 is 2.24 bits per heavy atom. The number of rotatable bonds is 8. The highest BCUT2D eigenvalue weighted by atomic mass is 16.1. The van der Waals surface area contributed by atoms with Crippen LogP contribution in [0.15, 0.2) is 0 Å². The number of likely N-dealkylation sites (N-methyl/N-ethyl adjacent to an activating group) is 2. The summed E-state index contributed by atoms with van der Waals surface area (Å²) >= 11 is 0. The van der Waals surface area contributed by atoms with Crippen LogP contribution in [0.1, 0.15) is 40.0 Å². The van der Waals surface area contributed by atoms with Crippen molar-refractivity contribution < 1.29 is 4.79 Å². The first kappa shape index (κ1) is 14.7. The maximum atomic E-state index is 11.5. The number of nitrogens with zero attached hydrogens (tertiary/aromatic N) is 2. The number of carbonyl (C=O) groups is 1. The van der Waals surface area contributed by atoms with E-state index in [4.69, 9.17) is 0 Å². The van der Waals surface area contributed by atoms with Crippen LogP contribution in [0.2, 0.25) is 0 Å². The Labute approximate surface area is 106 Å². The molecule has 1 saturated carbocycles. The molecule has 0 radical (unpaired) electrons. The van der Waals surface area contributed by atoms with Crippen LogP contribution in [0.5, 0.6) is 0 Å². The Morgan fingerprint density at radius 1 is 1.12 bits per heavy atom. The minimum atomic E-state index is 0.364. The zero-order valence-electron chi connectivity index (χ0n) is 11.9. The van der Waals surface area contributed by atoms with Crippen molar-refractivity contribution in [3.05, 3.63) is 0 Å². The fourth-order valence-electron chi connectivity index (χ4n) is 2.49. The number of ketones is 1. The van der Waals surface area contributed by atoms with E-state index in [1.165, 1.54) is 0 Å². The molecule has 1 fully saturated rings. The summed E-state index contributed by atoms with van der Waals surface area (Å²) < 4.78 is 0. The second kappa shape index (κ2) is 7.12. The van der Waals surface area contributed by atoms with Crippen LogP contribution < -0.4 is 0 Å². The van der Waals surface area contributed by atoms with E-state index in [1.807, 2.05) is 6.92 Å². The molecule has 3 heteroatoms. The van der Waals surface area contributed by atoms with Gasteiger partial charge in [-0.1, -0.05) is 20.8 Å². The lowest BCUT2D eigenvalue weighted by Gasteiger charge is -2.42. The lowest BCUT2D eigenvalue weighted by molar-refractivity contribution is -0.127.